The Bertz CT molecular complexity index is 927. The number of amides is 1. The Morgan fingerprint density at radius 3 is 2.39 bits per heavy atom. The fraction of sp³-hybridized carbons (Fsp3) is 0.304. The SMILES string of the molecule is CCC(NC(=O)c1noc(C)c1COc1c(C)cccc1C)c1ccccc1. The molecular formula is C23H26N2O3. The van der Waals surface area contributed by atoms with Crippen LogP contribution >= 0.6 is 0 Å². The predicted molar refractivity (Wildman–Crippen MR) is 108 cm³/mol. The number of aryl methyl sites for hydroxylation is 3. The largest absolute Gasteiger partial charge is 0.488 e. The van der Waals surface area contributed by atoms with E-state index in [4.69, 9.17) is 9.26 Å². The molecule has 0 fully saturated rings. The van der Waals surface area contributed by atoms with Crippen LogP contribution in [0.4, 0.5) is 0 Å². The Morgan fingerprint density at radius 2 is 1.75 bits per heavy atom. The summed E-state index contributed by atoms with van der Waals surface area (Å²) in [6.45, 7) is 8.06. The minimum atomic E-state index is -0.257. The highest BCUT2D eigenvalue weighted by atomic mass is 16.5. The Balaban J connectivity index is 1.77. The summed E-state index contributed by atoms with van der Waals surface area (Å²) in [7, 11) is 0. The van der Waals surface area contributed by atoms with Gasteiger partial charge in [-0.25, -0.2) is 0 Å². The Labute approximate surface area is 165 Å². The van der Waals surface area contributed by atoms with E-state index in [-0.39, 0.29) is 24.2 Å². The van der Waals surface area contributed by atoms with Crippen molar-refractivity contribution in [3.63, 3.8) is 0 Å². The third-order valence-electron chi connectivity index (χ3n) is 4.88. The number of aromatic nitrogens is 1. The van der Waals surface area contributed by atoms with Gasteiger partial charge < -0.3 is 14.6 Å². The first kappa shape index (κ1) is 19.7. The van der Waals surface area contributed by atoms with Gasteiger partial charge in [0.25, 0.3) is 5.91 Å². The molecule has 5 nitrogen and oxygen atoms in total. The Hall–Kier alpha value is -3.08. The van der Waals surface area contributed by atoms with Crippen molar-refractivity contribution in [3.05, 3.63) is 82.2 Å². The summed E-state index contributed by atoms with van der Waals surface area (Å²) in [5, 5.41) is 7.04. The van der Waals surface area contributed by atoms with Crippen molar-refractivity contribution in [2.45, 2.75) is 46.8 Å². The van der Waals surface area contributed by atoms with Crippen molar-refractivity contribution < 1.29 is 14.1 Å². The first-order chi connectivity index (χ1) is 13.5. The molecule has 5 heteroatoms. The fourth-order valence-corrected chi connectivity index (χ4v) is 3.24. The summed E-state index contributed by atoms with van der Waals surface area (Å²) in [6, 6.07) is 15.8. The molecule has 146 valence electrons. The lowest BCUT2D eigenvalue weighted by Crippen LogP contribution is -2.29. The zero-order chi connectivity index (χ0) is 20.1. The van der Waals surface area contributed by atoms with Crippen LogP contribution in [0.5, 0.6) is 5.75 Å². The van der Waals surface area contributed by atoms with Gasteiger partial charge in [-0.15, -0.1) is 0 Å². The van der Waals surface area contributed by atoms with Crippen molar-refractivity contribution >= 4 is 5.91 Å². The molecule has 0 aliphatic carbocycles. The van der Waals surface area contributed by atoms with E-state index < -0.39 is 0 Å². The lowest BCUT2D eigenvalue weighted by atomic mass is 10.0. The number of nitrogens with one attached hydrogen (secondary N) is 1. The van der Waals surface area contributed by atoms with Gasteiger partial charge in [-0.1, -0.05) is 60.6 Å². The first-order valence-electron chi connectivity index (χ1n) is 9.51. The van der Waals surface area contributed by atoms with Gasteiger partial charge in [0.2, 0.25) is 0 Å². The second-order valence-electron chi connectivity index (χ2n) is 6.92. The summed E-state index contributed by atoms with van der Waals surface area (Å²) >= 11 is 0. The molecule has 0 saturated carbocycles. The molecule has 28 heavy (non-hydrogen) atoms. The molecule has 1 atom stereocenters. The van der Waals surface area contributed by atoms with Gasteiger partial charge in [0.1, 0.15) is 18.1 Å². The average molecular weight is 378 g/mol. The summed E-state index contributed by atoms with van der Waals surface area (Å²) in [6.07, 6.45) is 0.779. The van der Waals surface area contributed by atoms with Crippen LogP contribution in [0.2, 0.25) is 0 Å². The molecule has 1 unspecified atom stereocenters. The molecule has 0 aliphatic rings. The van der Waals surface area contributed by atoms with E-state index in [2.05, 4.69) is 10.5 Å². The maximum atomic E-state index is 12.9. The van der Waals surface area contributed by atoms with E-state index in [0.29, 0.717) is 11.3 Å². The highest BCUT2D eigenvalue weighted by molar-refractivity contribution is 5.94. The number of carbonyl (C=O) groups is 1. The Kier molecular flexibility index (Phi) is 6.14. The minimum Gasteiger partial charge on any atom is -0.488 e. The van der Waals surface area contributed by atoms with Gasteiger partial charge in [-0.05, 0) is 43.9 Å². The van der Waals surface area contributed by atoms with E-state index >= 15 is 0 Å². The molecule has 1 N–H and O–H groups in total. The van der Waals surface area contributed by atoms with Crippen LogP contribution in [0.25, 0.3) is 0 Å². The minimum absolute atomic E-state index is 0.0851. The van der Waals surface area contributed by atoms with Crippen LogP contribution in [-0.2, 0) is 6.61 Å². The van der Waals surface area contributed by atoms with Crippen molar-refractivity contribution in [1.29, 1.82) is 0 Å². The summed E-state index contributed by atoms with van der Waals surface area (Å²) in [4.78, 5) is 12.9. The fourth-order valence-electron chi connectivity index (χ4n) is 3.24. The van der Waals surface area contributed by atoms with Crippen molar-refractivity contribution in [1.82, 2.24) is 10.5 Å². The third kappa shape index (κ3) is 4.25. The van der Waals surface area contributed by atoms with Crippen LogP contribution in [0, 0.1) is 20.8 Å². The van der Waals surface area contributed by atoms with E-state index in [0.717, 1.165) is 28.9 Å². The highest BCUT2D eigenvalue weighted by Crippen LogP contribution is 2.25. The molecule has 2 aromatic carbocycles. The number of para-hydroxylation sites is 1. The first-order valence-corrected chi connectivity index (χ1v) is 9.51. The van der Waals surface area contributed by atoms with Crippen LogP contribution in [0.15, 0.2) is 53.1 Å². The van der Waals surface area contributed by atoms with Gasteiger partial charge in [0.05, 0.1) is 11.6 Å². The van der Waals surface area contributed by atoms with Gasteiger partial charge in [-0.2, -0.15) is 0 Å². The summed E-state index contributed by atoms with van der Waals surface area (Å²) in [5.74, 6) is 1.15. The predicted octanol–water partition coefficient (Wildman–Crippen LogP) is 5.06. The number of carbonyl (C=O) groups excluding carboxylic acids is 1. The Morgan fingerprint density at radius 1 is 1.07 bits per heavy atom. The molecular weight excluding hydrogens is 352 g/mol. The second kappa shape index (κ2) is 8.74. The average Bonchev–Trinajstić information content (AvgIpc) is 3.07. The number of hydrogen-bond acceptors (Lipinski definition) is 4. The molecule has 1 heterocycles. The molecule has 0 aliphatic heterocycles. The number of hydrogen-bond donors (Lipinski definition) is 1. The molecule has 0 saturated heterocycles. The van der Waals surface area contributed by atoms with Gasteiger partial charge in [-0.3, -0.25) is 4.79 Å². The summed E-state index contributed by atoms with van der Waals surface area (Å²) in [5.41, 5.74) is 4.11. The van der Waals surface area contributed by atoms with Crippen molar-refractivity contribution in [2.24, 2.45) is 0 Å². The number of nitrogens with zero attached hydrogens (tertiary/aromatic N) is 1. The molecule has 1 amide bonds. The smallest absolute Gasteiger partial charge is 0.274 e. The van der Waals surface area contributed by atoms with Gasteiger partial charge in [0.15, 0.2) is 5.69 Å². The van der Waals surface area contributed by atoms with Crippen LogP contribution in [0.3, 0.4) is 0 Å². The summed E-state index contributed by atoms with van der Waals surface area (Å²) < 4.78 is 11.3. The van der Waals surface area contributed by atoms with Crippen molar-refractivity contribution in [2.75, 3.05) is 0 Å². The molecule has 1 aromatic heterocycles. The van der Waals surface area contributed by atoms with E-state index in [1.165, 1.54) is 0 Å². The normalized spacial score (nSPS) is 11.9. The maximum absolute atomic E-state index is 12.9. The van der Waals surface area contributed by atoms with Gasteiger partial charge in [0, 0.05) is 0 Å². The third-order valence-corrected chi connectivity index (χ3v) is 4.88. The zero-order valence-electron chi connectivity index (χ0n) is 16.8. The van der Waals surface area contributed by atoms with E-state index in [1.54, 1.807) is 6.92 Å². The topological polar surface area (TPSA) is 64.4 Å². The zero-order valence-corrected chi connectivity index (χ0v) is 16.8. The molecule has 0 spiro atoms. The number of ether oxygens (including phenoxy) is 1. The van der Waals surface area contributed by atoms with Crippen molar-refractivity contribution in [3.8, 4) is 5.75 Å². The van der Waals surface area contributed by atoms with E-state index in [1.807, 2.05) is 69.3 Å². The number of benzene rings is 2. The molecule has 0 bridgehead atoms. The lowest BCUT2D eigenvalue weighted by molar-refractivity contribution is 0.0924. The second-order valence-corrected chi connectivity index (χ2v) is 6.92. The quantitative estimate of drug-likeness (QED) is 0.624. The van der Waals surface area contributed by atoms with Crippen LogP contribution in [-0.4, -0.2) is 11.1 Å². The molecule has 0 radical (unpaired) electrons. The molecule has 3 aromatic rings. The standard InChI is InChI=1S/C23H26N2O3/c1-5-20(18-12-7-6-8-13-18)24-23(26)21-19(17(4)28-25-21)14-27-22-15(2)10-9-11-16(22)3/h6-13,20H,5,14H2,1-4H3,(H,24,26). The maximum Gasteiger partial charge on any atom is 0.274 e. The highest BCUT2D eigenvalue weighted by Gasteiger charge is 2.23. The van der Waals surface area contributed by atoms with Crippen LogP contribution in [0.1, 0.15) is 57.9 Å². The van der Waals surface area contributed by atoms with Crippen LogP contribution < -0.4 is 10.1 Å². The number of rotatable bonds is 7. The lowest BCUT2D eigenvalue weighted by Gasteiger charge is -2.17. The van der Waals surface area contributed by atoms with Gasteiger partial charge >= 0.3 is 0 Å². The van der Waals surface area contributed by atoms with E-state index in [9.17, 15) is 4.79 Å². The molecule has 3 rings (SSSR count). The monoisotopic (exact) mass is 378 g/mol.